The molecule has 1 amide bonds. The first-order chi connectivity index (χ1) is 14.5. The zero-order valence-corrected chi connectivity index (χ0v) is 18.5. The van der Waals surface area contributed by atoms with Gasteiger partial charge in [0.15, 0.2) is 9.84 Å². The number of carbonyl (C=O) groups is 1. The fourth-order valence-corrected chi connectivity index (χ4v) is 4.81. The lowest BCUT2D eigenvalue weighted by Gasteiger charge is -2.24. The van der Waals surface area contributed by atoms with Gasteiger partial charge in [-0.3, -0.25) is 10.0 Å². The summed E-state index contributed by atoms with van der Waals surface area (Å²) in [6.45, 7) is 0.739. The summed E-state index contributed by atoms with van der Waals surface area (Å²) in [5.74, 6) is 9.43. The van der Waals surface area contributed by atoms with E-state index in [9.17, 15) is 17.6 Å². The number of hydrogen-bond acceptors (Lipinski definition) is 7. The molecule has 3 atom stereocenters. The minimum absolute atomic E-state index is 0.0363. The number of aromatic nitrogens is 1. The number of hydroxylamine groups is 1. The monoisotopic (exact) mass is 464 g/mol. The van der Waals surface area contributed by atoms with Gasteiger partial charge in [-0.2, -0.15) is 0 Å². The third kappa shape index (κ3) is 4.89. The summed E-state index contributed by atoms with van der Waals surface area (Å²) in [6, 6.07) is 5.37. The summed E-state index contributed by atoms with van der Waals surface area (Å²) in [5.41, 5.74) is 1.26. The number of nitrogens with zero attached hydrogens (tertiary/aromatic N) is 1. The number of sulfone groups is 1. The van der Waals surface area contributed by atoms with Crippen LogP contribution in [0.4, 0.5) is 4.39 Å². The lowest BCUT2D eigenvalue weighted by atomic mass is 10.0. The van der Waals surface area contributed by atoms with E-state index in [1.54, 1.807) is 12.1 Å². The first-order valence-electron chi connectivity index (χ1n) is 9.37. The van der Waals surface area contributed by atoms with Gasteiger partial charge in [0.25, 0.3) is 5.91 Å². The number of nitrogens with one attached hydrogen (secondary N) is 1. The summed E-state index contributed by atoms with van der Waals surface area (Å²) in [7, 11) is -3.77. The zero-order valence-electron chi connectivity index (χ0n) is 16.9. The molecule has 1 saturated carbocycles. The van der Waals surface area contributed by atoms with Crippen LogP contribution >= 0.6 is 11.3 Å². The maximum absolute atomic E-state index is 13.6. The lowest BCUT2D eigenvalue weighted by Crippen LogP contribution is -2.49. The number of rotatable bonds is 6. The van der Waals surface area contributed by atoms with Crippen LogP contribution in [0.25, 0.3) is 10.2 Å². The Morgan fingerprint density at radius 1 is 1.45 bits per heavy atom. The lowest BCUT2D eigenvalue weighted by molar-refractivity contribution is -0.131. The second-order valence-electron chi connectivity index (χ2n) is 7.70. The Balaban J connectivity index is 1.72. The van der Waals surface area contributed by atoms with Crippen LogP contribution in [0.15, 0.2) is 18.2 Å². The third-order valence-electron chi connectivity index (χ3n) is 5.44. The standard InChI is InChI=1S/C21H21FN2O5S2/c1-20(19(26)24-27,31(2,28)29)10-9-18-23-16-8-7-14(11-17(16)30-18)5-3-4-6-15-12-21(15,22)13-25/h7-8,11,15,25,27H,9-10,12-13H2,1-2H3,(H,24,26)/t15-,20?,21-/m0/s1. The van der Waals surface area contributed by atoms with Crippen LogP contribution in [0, 0.1) is 29.6 Å². The van der Waals surface area contributed by atoms with Crippen LogP contribution in [0.3, 0.4) is 0 Å². The number of halogens is 1. The summed E-state index contributed by atoms with van der Waals surface area (Å²) >= 11 is 1.36. The highest BCUT2D eigenvalue weighted by atomic mass is 32.2. The van der Waals surface area contributed by atoms with Crippen LogP contribution in [0.2, 0.25) is 0 Å². The van der Waals surface area contributed by atoms with Crippen LogP contribution in [-0.2, 0) is 21.1 Å². The fraction of sp³-hybridized carbons (Fsp3) is 0.429. The number of amides is 1. The van der Waals surface area contributed by atoms with Crippen molar-refractivity contribution in [3.63, 3.8) is 0 Å². The largest absolute Gasteiger partial charge is 0.393 e. The first kappa shape index (κ1) is 23.2. The van der Waals surface area contributed by atoms with Crippen molar-refractivity contribution in [1.82, 2.24) is 10.5 Å². The normalized spacial score (nSPS) is 21.9. The fourth-order valence-electron chi connectivity index (χ4n) is 2.95. The van der Waals surface area contributed by atoms with E-state index >= 15 is 0 Å². The minimum atomic E-state index is -3.77. The van der Waals surface area contributed by atoms with Gasteiger partial charge in [-0.1, -0.05) is 11.8 Å². The predicted molar refractivity (Wildman–Crippen MR) is 115 cm³/mol. The van der Waals surface area contributed by atoms with Gasteiger partial charge in [0.2, 0.25) is 0 Å². The van der Waals surface area contributed by atoms with E-state index in [1.807, 2.05) is 6.07 Å². The molecule has 1 aromatic heterocycles. The quantitative estimate of drug-likeness (QED) is 0.340. The molecule has 164 valence electrons. The Labute approximate surface area is 183 Å². The van der Waals surface area contributed by atoms with E-state index in [2.05, 4.69) is 28.7 Å². The second kappa shape index (κ2) is 8.56. The van der Waals surface area contributed by atoms with Crippen LogP contribution in [0.5, 0.6) is 0 Å². The number of fused-ring (bicyclic) bond motifs is 1. The van der Waals surface area contributed by atoms with Crippen molar-refractivity contribution in [2.24, 2.45) is 5.92 Å². The summed E-state index contributed by atoms with van der Waals surface area (Å²) in [4.78, 5) is 16.4. The van der Waals surface area contributed by atoms with Crippen molar-refractivity contribution in [3.8, 4) is 23.7 Å². The third-order valence-corrected chi connectivity index (χ3v) is 8.54. The van der Waals surface area contributed by atoms with E-state index in [0.717, 1.165) is 11.0 Å². The van der Waals surface area contributed by atoms with Gasteiger partial charge in [0, 0.05) is 24.7 Å². The Hall–Kier alpha value is -2.50. The SMILES string of the molecule is CC(CCc1nc2ccc(C#CC#C[C@H]3C[C@]3(F)CO)cc2s1)(C(=O)NO)S(C)(=O)=O. The number of carbonyl (C=O) groups excluding carboxylic acids is 1. The molecular formula is C21H21FN2O5S2. The molecule has 31 heavy (non-hydrogen) atoms. The molecule has 0 saturated heterocycles. The van der Waals surface area contributed by atoms with Gasteiger partial charge >= 0.3 is 0 Å². The van der Waals surface area contributed by atoms with Crippen molar-refractivity contribution in [1.29, 1.82) is 0 Å². The van der Waals surface area contributed by atoms with Crippen LogP contribution in [-0.4, -0.2) is 52.9 Å². The molecule has 1 aliphatic rings. The van der Waals surface area contributed by atoms with E-state index < -0.39 is 38.7 Å². The predicted octanol–water partition coefficient (Wildman–Crippen LogP) is 1.61. The van der Waals surface area contributed by atoms with E-state index in [4.69, 9.17) is 10.3 Å². The maximum atomic E-state index is 13.6. The van der Waals surface area contributed by atoms with Crippen molar-refractivity contribution in [2.45, 2.75) is 36.6 Å². The molecular weight excluding hydrogens is 443 g/mol. The highest BCUT2D eigenvalue weighted by Crippen LogP contribution is 2.46. The number of hydrogen-bond donors (Lipinski definition) is 3. The molecule has 10 heteroatoms. The molecule has 3 N–H and O–H groups in total. The molecule has 1 unspecified atom stereocenters. The van der Waals surface area contributed by atoms with Crippen LogP contribution < -0.4 is 5.48 Å². The van der Waals surface area contributed by atoms with Gasteiger partial charge in [0.05, 0.1) is 27.7 Å². The van der Waals surface area contributed by atoms with Crippen molar-refractivity contribution in [2.75, 3.05) is 12.9 Å². The molecule has 0 spiro atoms. The number of alkyl halides is 1. The average molecular weight is 465 g/mol. The Morgan fingerprint density at radius 3 is 2.81 bits per heavy atom. The molecule has 1 aromatic carbocycles. The van der Waals surface area contributed by atoms with E-state index in [1.165, 1.54) is 23.7 Å². The Kier molecular flexibility index (Phi) is 6.40. The molecule has 3 rings (SSSR count). The molecule has 0 aliphatic heterocycles. The molecule has 7 nitrogen and oxygen atoms in total. The van der Waals surface area contributed by atoms with Crippen molar-refractivity contribution in [3.05, 3.63) is 28.8 Å². The molecule has 1 aliphatic carbocycles. The van der Waals surface area contributed by atoms with Gasteiger partial charge < -0.3 is 5.11 Å². The van der Waals surface area contributed by atoms with Gasteiger partial charge in [-0.15, -0.1) is 11.3 Å². The minimum Gasteiger partial charge on any atom is -0.393 e. The number of thiazole rings is 1. The van der Waals surface area contributed by atoms with E-state index in [0.29, 0.717) is 16.1 Å². The zero-order chi connectivity index (χ0) is 22.9. The summed E-state index contributed by atoms with van der Waals surface area (Å²) in [5, 5.41) is 18.4. The molecule has 1 fully saturated rings. The molecule has 2 aromatic rings. The van der Waals surface area contributed by atoms with Gasteiger partial charge in [0.1, 0.15) is 10.4 Å². The van der Waals surface area contributed by atoms with Crippen LogP contribution in [0.1, 0.15) is 30.3 Å². The van der Waals surface area contributed by atoms with Crippen molar-refractivity contribution >= 4 is 37.3 Å². The maximum Gasteiger partial charge on any atom is 0.264 e. The smallest absolute Gasteiger partial charge is 0.264 e. The summed E-state index contributed by atoms with van der Waals surface area (Å²) < 4.78 is 36.8. The second-order valence-corrected chi connectivity index (χ2v) is 11.3. The number of benzene rings is 1. The first-order valence-corrected chi connectivity index (χ1v) is 12.1. The van der Waals surface area contributed by atoms with Gasteiger partial charge in [-0.05, 0) is 43.4 Å². The van der Waals surface area contributed by atoms with Gasteiger partial charge in [-0.25, -0.2) is 23.3 Å². The highest BCUT2D eigenvalue weighted by molar-refractivity contribution is 7.92. The molecule has 0 bridgehead atoms. The number of aliphatic hydroxyl groups is 1. The molecule has 1 heterocycles. The topological polar surface area (TPSA) is 117 Å². The number of aliphatic hydroxyl groups excluding tert-OH is 1. The average Bonchev–Trinajstić information content (AvgIpc) is 3.20. The number of aryl methyl sites for hydroxylation is 1. The molecule has 0 radical (unpaired) electrons. The highest BCUT2D eigenvalue weighted by Gasteiger charge is 2.54. The Bertz CT molecular complexity index is 1250. The van der Waals surface area contributed by atoms with Crippen molar-refractivity contribution < 1.29 is 27.9 Å². The Morgan fingerprint density at radius 2 is 2.19 bits per heavy atom. The summed E-state index contributed by atoms with van der Waals surface area (Å²) in [6.07, 6.45) is 1.38. The van der Waals surface area contributed by atoms with E-state index in [-0.39, 0.29) is 19.3 Å².